The highest BCUT2D eigenvalue weighted by Crippen LogP contribution is 2.22. The van der Waals surface area contributed by atoms with Crippen LogP contribution in [0.2, 0.25) is 0 Å². The molecule has 7 heteroatoms. The molecule has 2 aromatic heterocycles. The van der Waals surface area contributed by atoms with Crippen LogP contribution in [0.5, 0.6) is 0 Å². The summed E-state index contributed by atoms with van der Waals surface area (Å²) in [5.41, 5.74) is 4.01. The van der Waals surface area contributed by atoms with Crippen LogP contribution in [0.25, 0.3) is 22.4 Å². The zero-order valence-corrected chi connectivity index (χ0v) is 16.0. The quantitative estimate of drug-likeness (QED) is 0.741. The summed E-state index contributed by atoms with van der Waals surface area (Å²) in [4.78, 5) is 33.4. The topological polar surface area (TPSA) is 78.7 Å². The highest BCUT2D eigenvalue weighted by atomic mass is 16.3. The highest BCUT2D eigenvalue weighted by molar-refractivity contribution is 5.95. The van der Waals surface area contributed by atoms with Gasteiger partial charge in [-0.2, -0.15) is 0 Å². The first-order valence-corrected chi connectivity index (χ1v) is 9.95. The third kappa shape index (κ3) is 3.38. The van der Waals surface area contributed by atoms with Gasteiger partial charge in [-0.3, -0.25) is 9.59 Å². The Morgan fingerprint density at radius 1 is 0.966 bits per heavy atom. The number of pyridine rings is 1. The lowest BCUT2D eigenvalue weighted by atomic mass is 10.1. The number of nitrogens with zero attached hydrogens (tertiary/aromatic N) is 3. The fourth-order valence-electron chi connectivity index (χ4n) is 3.83. The average Bonchev–Trinajstić information content (AvgIpc) is 3.20. The van der Waals surface area contributed by atoms with E-state index in [0.29, 0.717) is 31.7 Å². The van der Waals surface area contributed by atoms with E-state index in [9.17, 15) is 9.59 Å². The first kappa shape index (κ1) is 17.9. The Hall–Kier alpha value is -3.19. The molecule has 1 aromatic carbocycles. The van der Waals surface area contributed by atoms with E-state index in [4.69, 9.17) is 4.42 Å². The second-order valence-electron chi connectivity index (χ2n) is 7.49. The van der Waals surface area contributed by atoms with Crippen molar-refractivity contribution in [1.29, 1.82) is 0 Å². The number of rotatable bonds is 3. The van der Waals surface area contributed by atoms with Gasteiger partial charge >= 0.3 is 0 Å². The van der Waals surface area contributed by atoms with E-state index in [1.165, 1.54) is 0 Å². The fraction of sp³-hybridized carbons (Fsp3) is 0.318. The van der Waals surface area contributed by atoms with Crippen molar-refractivity contribution in [2.24, 2.45) is 0 Å². The van der Waals surface area contributed by atoms with Crippen LogP contribution in [0, 0.1) is 0 Å². The van der Waals surface area contributed by atoms with Crippen LogP contribution < -0.4 is 5.32 Å². The molecule has 0 aliphatic carbocycles. The van der Waals surface area contributed by atoms with E-state index in [1.54, 1.807) is 6.26 Å². The maximum atomic E-state index is 12.8. The maximum Gasteiger partial charge on any atom is 0.253 e. The molecule has 0 bridgehead atoms. The average molecular weight is 390 g/mol. The number of piperazine rings is 1. The summed E-state index contributed by atoms with van der Waals surface area (Å²) in [6, 6.07) is 13.1. The van der Waals surface area contributed by atoms with E-state index in [0.717, 1.165) is 35.3 Å². The number of furan rings is 1. The van der Waals surface area contributed by atoms with Crippen molar-refractivity contribution in [1.82, 2.24) is 20.1 Å². The van der Waals surface area contributed by atoms with E-state index in [-0.39, 0.29) is 17.9 Å². The summed E-state index contributed by atoms with van der Waals surface area (Å²) < 4.78 is 5.33. The minimum atomic E-state index is -0.0281. The van der Waals surface area contributed by atoms with Crippen molar-refractivity contribution < 1.29 is 14.0 Å². The van der Waals surface area contributed by atoms with Gasteiger partial charge in [0.2, 0.25) is 5.91 Å². The van der Waals surface area contributed by atoms with E-state index < -0.39 is 0 Å². The number of carbonyl (C=O) groups is 2. The van der Waals surface area contributed by atoms with Crippen molar-refractivity contribution in [3.05, 3.63) is 54.3 Å². The van der Waals surface area contributed by atoms with Crippen LogP contribution >= 0.6 is 0 Å². The van der Waals surface area contributed by atoms with Crippen molar-refractivity contribution in [3.8, 4) is 11.3 Å². The van der Waals surface area contributed by atoms with Crippen LogP contribution in [-0.2, 0) is 4.79 Å². The lowest BCUT2D eigenvalue weighted by Crippen LogP contribution is -2.58. The van der Waals surface area contributed by atoms with Gasteiger partial charge in [-0.1, -0.05) is 12.1 Å². The van der Waals surface area contributed by atoms with Crippen LogP contribution in [0.3, 0.4) is 0 Å². The summed E-state index contributed by atoms with van der Waals surface area (Å²) in [5.74, 6) is 0.165. The molecule has 0 saturated carbocycles. The minimum Gasteiger partial charge on any atom is -0.463 e. The van der Waals surface area contributed by atoms with Crippen LogP contribution in [0.4, 0.5) is 0 Å². The molecule has 2 aliphatic heterocycles. The first-order valence-electron chi connectivity index (χ1n) is 9.95. The molecule has 29 heavy (non-hydrogen) atoms. The Kier molecular flexibility index (Phi) is 4.52. The molecule has 7 nitrogen and oxygen atoms in total. The van der Waals surface area contributed by atoms with Crippen LogP contribution in [0.15, 0.2) is 53.1 Å². The smallest absolute Gasteiger partial charge is 0.253 e. The number of hydrogen-bond donors (Lipinski definition) is 1. The van der Waals surface area contributed by atoms with Gasteiger partial charge in [0.1, 0.15) is 5.52 Å². The molecule has 1 atom stereocenters. The Morgan fingerprint density at radius 3 is 2.38 bits per heavy atom. The van der Waals surface area contributed by atoms with Crippen molar-refractivity contribution >= 4 is 22.9 Å². The predicted molar refractivity (Wildman–Crippen MR) is 108 cm³/mol. The van der Waals surface area contributed by atoms with Gasteiger partial charge < -0.3 is 19.5 Å². The number of amides is 2. The lowest BCUT2D eigenvalue weighted by Gasteiger charge is -2.38. The second kappa shape index (κ2) is 7.33. The van der Waals surface area contributed by atoms with Gasteiger partial charge in [0.15, 0.2) is 5.58 Å². The minimum absolute atomic E-state index is 0.00339. The van der Waals surface area contributed by atoms with Crippen LogP contribution in [-0.4, -0.2) is 65.4 Å². The van der Waals surface area contributed by atoms with Gasteiger partial charge in [-0.05, 0) is 37.2 Å². The molecule has 1 N–H and O–H groups in total. The normalized spacial score (nSPS) is 19.2. The maximum absolute atomic E-state index is 12.8. The summed E-state index contributed by atoms with van der Waals surface area (Å²) >= 11 is 0. The molecule has 0 radical (unpaired) electrons. The summed E-state index contributed by atoms with van der Waals surface area (Å²) in [6.07, 6.45) is 2.53. The van der Waals surface area contributed by atoms with Crippen LogP contribution in [0.1, 0.15) is 16.8 Å². The molecular formula is C22H22N4O3. The third-order valence-electron chi connectivity index (χ3n) is 5.73. The molecule has 2 fully saturated rings. The number of benzene rings is 1. The summed E-state index contributed by atoms with van der Waals surface area (Å²) in [5, 5.41) is 3.15. The van der Waals surface area contributed by atoms with Gasteiger partial charge in [0.05, 0.1) is 18.0 Å². The number of hydrogen-bond acceptors (Lipinski definition) is 5. The summed E-state index contributed by atoms with van der Waals surface area (Å²) in [7, 11) is 0. The molecule has 0 spiro atoms. The van der Waals surface area contributed by atoms with Gasteiger partial charge in [0, 0.05) is 43.4 Å². The molecule has 2 saturated heterocycles. The Balaban J connectivity index is 1.24. The second-order valence-corrected chi connectivity index (χ2v) is 7.49. The Bertz CT molecular complexity index is 1050. The molecule has 3 aromatic rings. The predicted octanol–water partition coefficient (Wildman–Crippen LogP) is 2.14. The van der Waals surface area contributed by atoms with E-state index in [2.05, 4.69) is 10.3 Å². The van der Waals surface area contributed by atoms with Crippen molar-refractivity contribution in [2.45, 2.75) is 12.5 Å². The number of aromatic nitrogens is 1. The highest BCUT2D eigenvalue weighted by Gasteiger charge is 2.31. The third-order valence-corrected chi connectivity index (χ3v) is 5.73. The largest absolute Gasteiger partial charge is 0.463 e. The van der Waals surface area contributed by atoms with Crippen molar-refractivity contribution in [2.75, 3.05) is 32.7 Å². The SMILES string of the molecule is O=C(c1ccc(-c2ccc3occc3n2)cc1)N1CCN(C(=O)C2CCN2)CC1. The number of nitrogens with one attached hydrogen (secondary N) is 1. The Labute approximate surface area is 168 Å². The van der Waals surface area contributed by atoms with Crippen molar-refractivity contribution in [3.63, 3.8) is 0 Å². The van der Waals surface area contributed by atoms with Gasteiger partial charge in [-0.15, -0.1) is 0 Å². The molecule has 4 heterocycles. The fourth-order valence-corrected chi connectivity index (χ4v) is 3.83. The van der Waals surface area contributed by atoms with E-state index >= 15 is 0 Å². The lowest BCUT2D eigenvalue weighted by molar-refractivity contribution is -0.136. The molecule has 148 valence electrons. The molecule has 2 aliphatic rings. The zero-order chi connectivity index (χ0) is 19.8. The number of carbonyl (C=O) groups excluding carboxylic acids is 2. The molecule has 1 unspecified atom stereocenters. The Morgan fingerprint density at radius 2 is 1.69 bits per heavy atom. The molecule has 5 rings (SSSR count). The molecular weight excluding hydrogens is 368 g/mol. The standard InChI is InChI=1S/C22H22N4O3/c27-21(25-10-12-26(13-11-25)22(28)19-7-9-23-19)16-3-1-15(2-4-16)17-5-6-20-18(24-17)8-14-29-20/h1-6,8,14,19,23H,7,9-13H2. The van der Waals surface area contributed by atoms with Gasteiger partial charge in [0.25, 0.3) is 5.91 Å². The monoisotopic (exact) mass is 390 g/mol. The first-order chi connectivity index (χ1) is 14.2. The van der Waals surface area contributed by atoms with E-state index in [1.807, 2.05) is 52.3 Å². The number of fused-ring (bicyclic) bond motifs is 1. The van der Waals surface area contributed by atoms with Gasteiger partial charge in [-0.25, -0.2) is 4.98 Å². The molecule has 2 amide bonds. The summed E-state index contributed by atoms with van der Waals surface area (Å²) in [6.45, 7) is 3.23. The zero-order valence-electron chi connectivity index (χ0n) is 16.0.